The van der Waals surface area contributed by atoms with Gasteiger partial charge in [0.15, 0.2) is 0 Å². The van der Waals surface area contributed by atoms with Gasteiger partial charge in [0.1, 0.15) is 0 Å². The number of aryl methyl sites for hydroxylation is 1. The molecule has 3 rings (SSSR count). The minimum Gasteiger partial charge on any atom is -0.481 e. The fraction of sp³-hybridized carbons (Fsp3) is 0.440. The predicted octanol–water partition coefficient (Wildman–Crippen LogP) is 6.46. The molecule has 1 aliphatic carbocycles. The molecule has 0 radical (unpaired) electrons. The Morgan fingerprint density at radius 1 is 0.917 bits per heavy atom. The molecule has 1 aliphatic rings. The highest BCUT2D eigenvalue weighted by Gasteiger charge is 2.49. The topological polar surface area (TPSA) is 83.8 Å². The number of rotatable bonds is 6. The van der Waals surface area contributed by atoms with E-state index in [9.17, 15) is 46.1 Å². The first-order valence-corrected chi connectivity index (χ1v) is 11.1. The Morgan fingerprint density at radius 3 is 1.94 bits per heavy atom. The lowest BCUT2D eigenvalue weighted by Crippen LogP contribution is -2.45. The summed E-state index contributed by atoms with van der Waals surface area (Å²) in [7, 11) is 0. The Bertz CT molecular complexity index is 1090. The van der Waals surface area contributed by atoms with Crippen molar-refractivity contribution in [3.63, 3.8) is 0 Å². The molecule has 0 saturated heterocycles. The first-order valence-electron chi connectivity index (χ1n) is 11.1. The fourth-order valence-corrected chi connectivity index (χ4v) is 4.85. The summed E-state index contributed by atoms with van der Waals surface area (Å²) < 4.78 is 85.8. The van der Waals surface area contributed by atoms with E-state index in [1.54, 1.807) is 31.2 Å². The van der Waals surface area contributed by atoms with E-state index >= 15 is 0 Å². The molecule has 0 bridgehead atoms. The summed E-state index contributed by atoms with van der Waals surface area (Å²) in [5.41, 5.74) is -2.21. The van der Waals surface area contributed by atoms with Crippen LogP contribution in [0.5, 0.6) is 0 Å². The van der Waals surface area contributed by atoms with Gasteiger partial charge in [-0.05, 0) is 61.6 Å². The second-order valence-corrected chi connectivity index (χ2v) is 8.92. The van der Waals surface area contributed by atoms with Crippen molar-refractivity contribution in [1.29, 1.82) is 0 Å². The Morgan fingerprint density at radius 2 is 1.47 bits per heavy atom. The molecule has 2 aromatic carbocycles. The molecule has 5 atom stereocenters. The normalized spacial score (nSPS) is 23.8. The van der Waals surface area contributed by atoms with Crippen molar-refractivity contribution >= 4 is 11.9 Å². The highest BCUT2D eigenvalue weighted by Crippen LogP contribution is 2.46. The molecular formula is C25H24F6O5. The number of aliphatic carboxylic acids is 2. The van der Waals surface area contributed by atoms with Gasteiger partial charge in [-0.25, -0.2) is 0 Å². The number of halogens is 6. The number of carboxylic acid groups (broad SMARTS) is 2. The SMILES string of the molecule is Cc1ccccc1[C@H]1[C@H](C(=O)O)[C@@H](C(=O)O)CC[C@@H]1O[C@H](C)c1cc(C(F)(F)F)cc(C(F)(F)F)c1. The zero-order chi connectivity index (χ0) is 27.0. The van der Waals surface area contributed by atoms with Gasteiger partial charge in [-0.15, -0.1) is 0 Å². The predicted molar refractivity (Wildman–Crippen MR) is 115 cm³/mol. The van der Waals surface area contributed by atoms with Crippen LogP contribution >= 0.6 is 0 Å². The first-order chi connectivity index (χ1) is 16.6. The summed E-state index contributed by atoms with van der Waals surface area (Å²) >= 11 is 0. The van der Waals surface area contributed by atoms with Gasteiger partial charge in [-0.2, -0.15) is 26.3 Å². The lowest BCUT2D eigenvalue weighted by Gasteiger charge is -2.41. The van der Waals surface area contributed by atoms with Crippen LogP contribution in [0.2, 0.25) is 0 Å². The van der Waals surface area contributed by atoms with E-state index in [0.29, 0.717) is 23.3 Å². The average Bonchev–Trinajstić information content (AvgIpc) is 2.77. The Kier molecular flexibility index (Phi) is 7.73. The fourth-order valence-electron chi connectivity index (χ4n) is 4.85. The zero-order valence-corrected chi connectivity index (χ0v) is 19.2. The van der Waals surface area contributed by atoms with Gasteiger partial charge < -0.3 is 14.9 Å². The summed E-state index contributed by atoms with van der Waals surface area (Å²) in [6.45, 7) is 2.98. The maximum atomic E-state index is 13.3. The maximum Gasteiger partial charge on any atom is 0.416 e. The van der Waals surface area contributed by atoms with E-state index in [2.05, 4.69) is 0 Å². The van der Waals surface area contributed by atoms with Gasteiger partial charge in [0.25, 0.3) is 0 Å². The van der Waals surface area contributed by atoms with Crippen LogP contribution in [0.4, 0.5) is 26.3 Å². The summed E-state index contributed by atoms with van der Waals surface area (Å²) in [4.78, 5) is 24.0. The molecule has 0 heterocycles. The molecule has 5 nitrogen and oxygen atoms in total. The van der Waals surface area contributed by atoms with Crippen molar-refractivity contribution in [2.45, 2.75) is 57.2 Å². The third kappa shape index (κ3) is 5.83. The molecule has 36 heavy (non-hydrogen) atoms. The van der Waals surface area contributed by atoms with Crippen LogP contribution in [-0.2, 0) is 26.7 Å². The highest BCUT2D eigenvalue weighted by molar-refractivity contribution is 5.81. The van der Waals surface area contributed by atoms with E-state index in [1.807, 2.05) is 0 Å². The van der Waals surface area contributed by atoms with Crippen molar-refractivity contribution < 1.29 is 50.9 Å². The van der Waals surface area contributed by atoms with Crippen molar-refractivity contribution in [1.82, 2.24) is 0 Å². The number of carboxylic acids is 2. The van der Waals surface area contributed by atoms with Gasteiger partial charge in [0.2, 0.25) is 0 Å². The smallest absolute Gasteiger partial charge is 0.416 e. The van der Waals surface area contributed by atoms with Gasteiger partial charge in [0.05, 0.1) is 35.2 Å². The number of hydrogen-bond acceptors (Lipinski definition) is 3. The molecule has 1 saturated carbocycles. The third-order valence-corrected chi connectivity index (χ3v) is 6.59. The number of alkyl halides is 6. The lowest BCUT2D eigenvalue weighted by molar-refractivity contribution is -0.162. The second kappa shape index (κ2) is 10.1. The highest BCUT2D eigenvalue weighted by atomic mass is 19.4. The summed E-state index contributed by atoms with van der Waals surface area (Å²) in [6.07, 6.45) is -12.3. The van der Waals surface area contributed by atoms with Crippen molar-refractivity contribution in [3.8, 4) is 0 Å². The molecule has 0 spiro atoms. The molecule has 0 unspecified atom stereocenters. The zero-order valence-electron chi connectivity index (χ0n) is 19.2. The monoisotopic (exact) mass is 518 g/mol. The molecule has 0 amide bonds. The summed E-state index contributed by atoms with van der Waals surface area (Å²) in [6, 6.07) is 7.81. The van der Waals surface area contributed by atoms with Crippen LogP contribution in [0, 0.1) is 18.8 Å². The molecular weight excluding hydrogens is 494 g/mol. The van der Waals surface area contributed by atoms with Crippen LogP contribution in [-0.4, -0.2) is 28.3 Å². The van der Waals surface area contributed by atoms with Crippen molar-refractivity contribution in [2.75, 3.05) is 0 Å². The molecule has 0 aliphatic heterocycles. The lowest BCUT2D eigenvalue weighted by atomic mass is 9.67. The number of ether oxygens (including phenoxy) is 1. The van der Waals surface area contributed by atoms with Gasteiger partial charge in [0, 0.05) is 5.92 Å². The van der Waals surface area contributed by atoms with Gasteiger partial charge in [-0.3, -0.25) is 9.59 Å². The largest absolute Gasteiger partial charge is 0.481 e. The number of hydrogen-bond donors (Lipinski definition) is 2. The van der Waals surface area contributed by atoms with Crippen LogP contribution < -0.4 is 0 Å². The van der Waals surface area contributed by atoms with E-state index in [1.165, 1.54) is 6.92 Å². The minimum atomic E-state index is -5.03. The second-order valence-electron chi connectivity index (χ2n) is 8.92. The standard InChI is InChI=1S/C25H24F6O5/c1-12-5-3-4-6-17(12)20-19(8-7-18(22(32)33)21(20)23(34)35)36-13(2)14-9-15(24(26,27)28)11-16(10-14)25(29,30)31/h3-6,9-11,13,18-21H,7-8H2,1-2H3,(H,32,33)(H,34,35)/t13-,18+,19+,20-,21-/m1/s1. The van der Waals surface area contributed by atoms with E-state index in [4.69, 9.17) is 4.74 Å². The van der Waals surface area contributed by atoms with Gasteiger partial charge >= 0.3 is 24.3 Å². The Labute approximate surface area is 202 Å². The molecule has 0 aromatic heterocycles. The average molecular weight is 518 g/mol. The van der Waals surface area contributed by atoms with E-state index in [0.717, 1.165) is 0 Å². The molecule has 2 aromatic rings. The molecule has 11 heteroatoms. The van der Waals surface area contributed by atoms with Crippen molar-refractivity contribution in [3.05, 3.63) is 70.3 Å². The summed E-state index contributed by atoms with van der Waals surface area (Å²) in [5, 5.41) is 19.6. The molecule has 196 valence electrons. The number of carbonyl (C=O) groups is 2. The van der Waals surface area contributed by atoms with E-state index in [-0.39, 0.29) is 24.5 Å². The quantitative estimate of drug-likeness (QED) is 0.429. The van der Waals surface area contributed by atoms with E-state index < -0.39 is 65.4 Å². The molecule has 2 N–H and O–H groups in total. The maximum absolute atomic E-state index is 13.3. The Hall–Kier alpha value is -3.08. The van der Waals surface area contributed by atoms with Gasteiger partial charge in [-0.1, -0.05) is 24.3 Å². The first kappa shape index (κ1) is 27.5. The van der Waals surface area contributed by atoms with Crippen LogP contribution in [0.25, 0.3) is 0 Å². The van der Waals surface area contributed by atoms with Crippen LogP contribution in [0.3, 0.4) is 0 Å². The van der Waals surface area contributed by atoms with Crippen LogP contribution in [0.15, 0.2) is 42.5 Å². The van der Waals surface area contributed by atoms with Crippen LogP contribution in [0.1, 0.15) is 59.6 Å². The summed E-state index contributed by atoms with van der Waals surface area (Å²) in [5.74, 6) is -6.33. The number of benzene rings is 2. The Balaban J connectivity index is 2.05. The third-order valence-electron chi connectivity index (χ3n) is 6.59. The van der Waals surface area contributed by atoms with Crippen molar-refractivity contribution in [2.24, 2.45) is 11.8 Å². The minimum absolute atomic E-state index is 0.0187. The molecule has 1 fully saturated rings.